The van der Waals surface area contributed by atoms with E-state index in [1.54, 1.807) is 17.0 Å². The Labute approximate surface area is 164 Å². The molecule has 2 amide bonds. The molecule has 0 radical (unpaired) electrons. The Morgan fingerprint density at radius 2 is 1.79 bits per heavy atom. The number of nitrogens with one attached hydrogen (secondary N) is 1. The molecule has 3 aromatic rings. The van der Waals surface area contributed by atoms with Crippen LogP contribution in [0.25, 0.3) is 0 Å². The van der Waals surface area contributed by atoms with E-state index in [9.17, 15) is 9.59 Å². The molecular formula is C23H22N2O3. The number of benzene rings is 2. The second-order valence-corrected chi connectivity index (χ2v) is 6.94. The molecule has 2 aromatic carbocycles. The molecule has 2 heterocycles. The van der Waals surface area contributed by atoms with Crippen molar-refractivity contribution in [2.75, 3.05) is 5.32 Å². The number of carbonyl (C=O) groups is 2. The van der Waals surface area contributed by atoms with Crippen LogP contribution in [0.5, 0.6) is 0 Å². The Bertz CT molecular complexity index is 977. The lowest BCUT2D eigenvalue weighted by molar-refractivity contribution is -0.121. The third-order valence-corrected chi connectivity index (χ3v) is 5.17. The lowest BCUT2D eigenvalue weighted by Crippen LogP contribution is -2.50. The predicted octanol–water partition coefficient (Wildman–Crippen LogP) is 4.05. The van der Waals surface area contributed by atoms with Crippen LogP contribution in [0.2, 0.25) is 0 Å². The summed E-state index contributed by atoms with van der Waals surface area (Å²) in [7, 11) is 0. The van der Waals surface area contributed by atoms with Gasteiger partial charge in [-0.3, -0.25) is 9.59 Å². The number of hydrogen-bond acceptors (Lipinski definition) is 3. The standard InChI is InChI=1S/C23H22N2O3/c1-2-16-9-11-19(12-10-16)24-22(26)20-14-17-6-3-4-7-18(17)15-25(20)23(27)21-8-5-13-28-21/h3-13,20H,2,14-15H2,1H3,(H,24,26). The summed E-state index contributed by atoms with van der Waals surface area (Å²) in [5.74, 6) is -0.232. The van der Waals surface area contributed by atoms with Crippen LogP contribution >= 0.6 is 0 Å². The van der Waals surface area contributed by atoms with Crippen molar-refractivity contribution >= 4 is 17.5 Å². The van der Waals surface area contributed by atoms with Gasteiger partial charge >= 0.3 is 0 Å². The van der Waals surface area contributed by atoms with Gasteiger partial charge in [0.05, 0.1) is 6.26 Å². The van der Waals surface area contributed by atoms with Crippen molar-refractivity contribution in [3.05, 3.63) is 89.4 Å². The Balaban J connectivity index is 1.61. The van der Waals surface area contributed by atoms with Crippen LogP contribution in [0.3, 0.4) is 0 Å². The smallest absolute Gasteiger partial charge is 0.290 e. The number of fused-ring (bicyclic) bond motifs is 1. The van der Waals surface area contributed by atoms with Gasteiger partial charge in [-0.2, -0.15) is 0 Å². The van der Waals surface area contributed by atoms with Crippen LogP contribution in [-0.2, 0) is 24.2 Å². The van der Waals surface area contributed by atoms with Crippen molar-refractivity contribution in [2.24, 2.45) is 0 Å². The third-order valence-electron chi connectivity index (χ3n) is 5.17. The van der Waals surface area contributed by atoms with Gasteiger partial charge in [-0.25, -0.2) is 0 Å². The number of hydrogen-bond donors (Lipinski definition) is 1. The van der Waals surface area contributed by atoms with E-state index in [-0.39, 0.29) is 17.6 Å². The molecule has 1 unspecified atom stereocenters. The van der Waals surface area contributed by atoms with E-state index in [4.69, 9.17) is 4.42 Å². The van der Waals surface area contributed by atoms with E-state index in [2.05, 4.69) is 12.2 Å². The molecule has 142 valence electrons. The number of carbonyl (C=O) groups excluding carboxylic acids is 2. The summed E-state index contributed by atoms with van der Waals surface area (Å²) < 4.78 is 5.29. The minimum Gasteiger partial charge on any atom is -0.459 e. The van der Waals surface area contributed by atoms with Crippen LogP contribution in [0.15, 0.2) is 71.3 Å². The first-order valence-corrected chi connectivity index (χ1v) is 9.46. The van der Waals surface area contributed by atoms with Crippen molar-refractivity contribution in [1.29, 1.82) is 0 Å². The maximum absolute atomic E-state index is 13.1. The molecule has 1 N–H and O–H groups in total. The molecule has 0 fully saturated rings. The van der Waals surface area contributed by atoms with E-state index in [0.717, 1.165) is 23.2 Å². The maximum atomic E-state index is 13.1. The van der Waals surface area contributed by atoms with Crippen molar-refractivity contribution in [2.45, 2.75) is 32.4 Å². The summed E-state index contributed by atoms with van der Waals surface area (Å²) in [6.07, 6.45) is 2.88. The fourth-order valence-electron chi connectivity index (χ4n) is 3.56. The first-order chi connectivity index (χ1) is 13.7. The summed E-state index contributed by atoms with van der Waals surface area (Å²) in [6, 6.07) is 18.4. The zero-order valence-corrected chi connectivity index (χ0v) is 15.7. The van der Waals surface area contributed by atoms with Crippen molar-refractivity contribution in [1.82, 2.24) is 4.90 Å². The molecule has 0 spiro atoms. The summed E-state index contributed by atoms with van der Waals surface area (Å²) in [5, 5.41) is 2.96. The van der Waals surface area contributed by atoms with Gasteiger partial charge in [-0.15, -0.1) is 0 Å². The highest BCUT2D eigenvalue weighted by Gasteiger charge is 2.35. The Morgan fingerprint density at radius 1 is 1.04 bits per heavy atom. The van der Waals surface area contributed by atoms with Crippen molar-refractivity contribution in [3.63, 3.8) is 0 Å². The third kappa shape index (κ3) is 3.56. The van der Waals surface area contributed by atoms with Gasteiger partial charge in [0.25, 0.3) is 5.91 Å². The molecule has 1 atom stereocenters. The van der Waals surface area contributed by atoms with Crippen LogP contribution in [0, 0.1) is 0 Å². The molecule has 5 heteroatoms. The van der Waals surface area contributed by atoms with Gasteiger partial charge in [0, 0.05) is 18.7 Å². The van der Waals surface area contributed by atoms with Gasteiger partial charge in [0.2, 0.25) is 5.91 Å². The molecule has 1 aromatic heterocycles. The highest BCUT2D eigenvalue weighted by molar-refractivity contribution is 6.00. The van der Waals surface area contributed by atoms with Gasteiger partial charge in [0.15, 0.2) is 5.76 Å². The highest BCUT2D eigenvalue weighted by atomic mass is 16.3. The summed E-state index contributed by atoms with van der Waals surface area (Å²) >= 11 is 0. The molecule has 1 aliphatic heterocycles. The molecule has 0 bridgehead atoms. The first kappa shape index (κ1) is 18.0. The Kier molecular flexibility index (Phi) is 4.98. The molecule has 1 aliphatic rings. The molecule has 0 aliphatic carbocycles. The normalized spacial score (nSPS) is 15.8. The van der Waals surface area contributed by atoms with E-state index in [0.29, 0.717) is 13.0 Å². The molecule has 28 heavy (non-hydrogen) atoms. The Hall–Kier alpha value is -3.34. The van der Waals surface area contributed by atoms with Gasteiger partial charge in [-0.05, 0) is 47.4 Å². The van der Waals surface area contributed by atoms with E-state index < -0.39 is 6.04 Å². The lowest BCUT2D eigenvalue weighted by Gasteiger charge is -2.35. The van der Waals surface area contributed by atoms with Gasteiger partial charge in [-0.1, -0.05) is 43.3 Å². The summed E-state index contributed by atoms with van der Waals surface area (Å²) in [4.78, 5) is 27.6. The minimum absolute atomic E-state index is 0.196. The maximum Gasteiger partial charge on any atom is 0.290 e. The van der Waals surface area contributed by atoms with Gasteiger partial charge in [0.1, 0.15) is 6.04 Å². The van der Waals surface area contributed by atoms with Crippen LogP contribution in [0.4, 0.5) is 5.69 Å². The second kappa shape index (κ2) is 7.72. The SMILES string of the molecule is CCc1ccc(NC(=O)C2Cc3ccccc3CN2C(=O)c2ccco2)cc1. The highest BCUT2D eigenvalue weighted by Crippen LogP contribution is 2.26. The van der Waals surface area contributed by atoms with Crippen molar-refractivity contribution in [3.8, 4) is 0 Å². The average molecular weight is 374 g/mol. The Morgan fingerprint density at radius 3 is 2.46 bits per heavy atom. The lowest BCUT2D eigenvalue weighted by atomic mass is 9.93. The van der Waals surface area contributed by atoms with Crippen molar-refractivity contribution < 1.29 is 14.0 Å². The molecule has 4 rings (SSSR count). The first-order valence-electron chi connectivity index (χ1n) is 9.46. The summed E-state index contributed by atoms with van der Waals surface area (Å²) in [5.41, 5.74) is 4.08. The minimum atomic E-state index is -0.599. The zero-order chi connectivity index (χ0) is 19.5. The number of furan rings is 1. The number of anilines is 1. The number of nitrogens with zero attached hydrogens (tertiary/aromatic N) is 1. The van der Waals surface area contributed by atoms with E-state index in [1.165, 1.54) is 11.8 Å². The fraction of sp³-hybridized carbons (Fsp3) is 0.217. The van der Waals surface area contributed by atoms with Crippen LogP contribution in [0.1, 0.15) is 34.2 Å². The van der Waals surface area contributed by atoms with E-state index >= 15 is 0 Å². The van der Waals surface area contributed by atoms with Gasteiger partial charge < -0.3 is 14.6 Å². The van der Waals surface area contributed by atoms with Crippen LogP contribution in [-0.4, -0.2) is 22.8 Å². The average Bonchev–Trinajstić information content (AvgIpc) is 3.27. The number of rotatable bonds is 4. The molecule has 0 saturated heterocycles. The number of aryl methyl sites for hydroxylation is 1. The largest absolute Gasteiger partial charge is 0.459 e. The second-order valence-electron chi connectivity index (χ2n) is 6.94. The number of amides is 2. The zero-order valence-electron chi connectivity index (χ0n) is 15.7. The monoisotopic (exact) mass is 374 g/mol. The molecule has 0 saturated carbocycles. The topological polar surface area (TPSA) is 62.6 Å². The quantitative estimate of drug-likeness (QED) is 0.749. The van der Waals surface area contributed by atoms with Crippen LogP contribution < -0.4 is 5.32 Å². The fourth-order valence-corrected chi connectivity index (χ4v) is 3.56. The molecular weight excluding hydrogens is 352 g/mol. The predicted molar refractivity (Wildman–Crippen MR) is 107 cm³/mol. The molecule has 5 nitrogen and oxygen atoms in total. The summed E-state index contributed by atoms with van der Waals surface area (Å²) in [6.45, 7) is 2.47. The van der Waals surface area contributed by atoms with E-state index in [1.807, 2.05) is 48.5 Å².